The molecule has 4 heteroatoms. The van der Waals surface area contributed by atoms with Crippen molar-refractivity contribution < 1.29 is 9.50 Å². The molecule has 0 unspecified atom stereocenters. The first-order chi connectivity index (χ1) is 11.2. The summed E-state index contributed by atoms with van der Waals surface area (Å²) in [6.07, 6.45) is 0. The number of nitrogens with one attached hydrogen (secondary N) is 1. The summed E-state index contributed by atoms with van der Waals surface area (Å²) >= 11 is 0. The van der Waals surface area contributed by atoms with Gasteiger partial charge in [-0.3, -0.25) is 4.98 Å². The molecule has 0 aliphatic rings. The van der Waals surface area contributed by atoms with E-state index in [2.05, 4.69) is 22.4 Å². The van der Waals surface area contributed by atoms with Gasteiger partial charge in [0.1, 0.15) is 5.82 Å². The van der Waals surface area contributed by atoms with E-state index in [1.165, 1.54) is 12.1 Å². The standard InChI is InChI=1S/C19H19FN2O/c1-13-5-7-16-9-14(6-8-18(16)22-13)11-21-19(12-23)15-3-2-4-17(20)10-15/h2-10,19,21,23H,11-12H2,1H3/t19-/m1/s1. The van der Waals surface area contributed by atoms with Gasteiger partial charge in [-0.2, -0.15) is 0 Å². The van der Waals surface area contributed by atoms with E-state index in [-0.39, 0.29) is 18.5 Å². The number of nitrogens with zero attached hydrogens (tertiary/aromatic N) is 1. The fourth-order valence-electron chi connectivity index (χ4n) is 2.64. The van der Waals surface area contributed by atoms with Crippen molar-refractivity contribution in [2.24, 2.45) is 0 Å². The van der Waals surface area contributed by atoms with Crippen LogP contribution >= 0.6 is 0 Å². The van der Waals surface area contributed by atoms with Gasteiger partial charge in [0.2, 0.25) is 0 Å². The molecule has 0 saturated heterocycles. The van der Waals surface area contributed by atoms with Gasteiger partial charge in [0.05, 0.1) is 18.2 Å². The second-order valence-electron chi connectivity index (χ2n) is 5.65. The van der Waals surface area contributed by atoms with Crippen LogP contribution in [0.5, 0.6) is 0 Å². The van der Waals surface area contributed by atoms with Crippen molar-refractivity contribution in [3.8, 4) is 0 Å². The number of aryl methyl sites for hydroxylation is 1. The third-order valence-electron chi connectivity index (χ3n) is 3.88. The summed E-state index contributed by atoms with van der Waals surface area (Å²) in [4.78, 5) is 4.48. The lowest BCUT2D eigenvalue weighted by Crippen LogP contribution is -2.24. The summed E-state index contributed by atoms with van der Waals surface area (Å²) in [5.74, 6) is -0.296. The van der Waals surface area contributed by atoms with E-state index in [1.807, 2.05) is 31.2 Å². The first-order valence-corrected chi connectivity index (χ1v) is 7.62. The molecule has 2 N–H and O–H groups in total. The van der Waals surface area contributed by atoms with Crippen LogP contribution in [0.15, 0.2) is 54.6 Å². The highest BCUT2D eigenvalue weighted by Gasteiger charge is 2.10. The third kappa shape index (κ3) is 3.73. The number of hydrogen-bond donors (Lipinski definition) is 2. The van der Waals surface area contributed by atoms with E-state index >= 15 is 0 Å². The van der Waals surface area contributed by atoms with E-state index in [0.29, 0.717) is 6.54 Å². The summed E-state index contributed by atoms with van der Waals surface area (Å²) < 4.78 is 13.3. The molecular formula is C19H19FN2O. The Hall–Kier alpha value is -2.30. The van der Waals surface area contributed by atoms with Crippen LogP contribution in [0.1, 0.15) is 22.9 Å². The smallest absolute Gasteiger partial charge is 0.123 e. The van der Waals surface area contributed by atoms with Gasteiger partial charge in [-0.1, -0.05) is 24.3 Å². The highest BCUT2D eigenvalue weighted by molar-refractivity contribution is 5.79. The summed E-state index contributed by atoms with van der Waals surface area (Å²) in [5, 5.41) is 13.9. The molecular weight excluding hydrogens is 291 g/mol. The molecule has 1 aromatic heterocycles. The Morgan fingerprint density at radius 1 is 1.13 bits per heavy atom. The molecule has 3 rings (SSSR count). The Labute approximate surface area is 134 Å². The molecule has 0 aliphatic heterocycles. The molecule has 0 bridgehead atoms. The third-order valence-corrected chi connectivity index (χ3v) is 3.88. The predicted octanol–water partition coefficient (Wildman–Crippen LogP) is 3.51. The van der Waals surface area contributed by atoms with Crippen LogP contribution in [-0.4, -0.2) is 16.7 Å². The van der Waals surface area contributed by atoms with Crippen LogP contribution in [0.25, 0.3) is 10.9 Å². The Balaban J connectivity index is 1.75. The summed E-state index contributed by atoms with van der Waals surface area (Å²) in [7, 11) is 0. The minimum absolute atomic E-state index is 0.0855. The second-order valence-corrected chi connectivity index (χ2v) is 5.65. The lowest BCUT2D eigenvalue weighted by Gasteiger charge is -2.17. The number of halogens is 1. The van der Waals surface area contributed by atoms with Crippen molar-refractivity contribution in [1.29, 1.82) is 0 Å². The maximum absolute atomic E-state index is 13.3. The normalized spacial score (nSPS) is 12.5. The van der Waals surface area contributed by atoms with Crippen LogP contribution in [-0.2, 0) is 6.54 Å². The minimum atomic E-state index is -0.296. The monoisotopic (exact) mass is 310 g/mol. The average molecular weight is 310 g/mol. The molecule has 0 aliphatic carbocycles. The van der Waals surface area contributed by atoms with Gasteiger partial charge in [0.15, 0.2) is 0 Å². The number of pyridine rings is 1. The van der Waals surface area contributed by atoms with E-state index in [0.717, 1.165) is 27.7 Å². The number of aromatic nitrogens is 1. The molecule has 0 radical (unpaired) electrons. The number of aliphatic hydroxyl groups excluding tert-OH is 1. The summed E-state index contributed by atoms with van der Waals surface area (Å²) in [6, 6.07) is 16.1. The van der Waals surface area contributed by atoms with E-state index in [9.17, 15) is 9.50 Å². The molecule has 23 heavy (non-hydrogen) atoms. The Bertz CT molecular complexity index is 819. The zero-order valence-corrected chi connectivity index (χ0v) is 13.0. The number of hydrogen-bond acceptors (Lipinski definition) is 3. The van der Waals surface area contributed by atoms with Crippen molar-refractivity contribution in [2.45, 2.75) is 19.5 Å². The zero-order valence-electron chi connectivity index (χ0n) is 13.0. The fourth-order valence-corrected chi connectivity index (χ4v) is 2.64. The molecule has 3 nitrogen and oxygen atoms in total. The number of fused-ring (bicyclic) bond motifs is 1. The first kappa shape index (κ1) is 15.6. The first-order valence-electron chi connectivity index (χ1n) is 7.62. The van der Waals surface area contributed by atoms with Crippen LogP contribution in [0, 0.1) is 12.7 Å². The molecule has 118 valence electrons. The molecule has 0 fully saturated rings. The lowest BCUT2D eigenvalue weighted by molar-refractivity contribution is 0.243. The van der Waals surface area contributed by atoms with Crippen molar-refractivity contribution in [1.82, 2.24) is 10.3 Å². The quantitative estimate of drug-likeness (QED) is 0.758. The summed E-state index contributed by atoms with van der Waals surface area (Å²) in [6.45, 7) is 2.48. The fraction of sp³-hybridized carbons (Fsp3) is 0.211. The highest BCUT2D eigenvalue weighted by atomic mass is 19.1. The number of benzene rings is 2. The van der Waals surface area contributed by atoms with Gasteiger partial charge in [-0.05, 0) is 48.4 Å². The van der Waals surface area contributed by atoms with E-state index in [1.54, 1.807) is 6.07 Å². The SMILES string of the molecule is Cc1ccc2cc(CN[C@H](CO)c3cccc(F)c3)ccc2n1. The Kier molecular flexibility index (Phi) is 4.65. The van der Waals surface area contributed by atoms with Gasteiger partial charge >= 0.3 is 0 Å². The van der Waals surface area contributed by atoms with Crippen molar-refractivity contribution in [2.75, 3.05) is 6.61 Å². The van der Waals surface area contributed by atoms with Crippen LogP contribution in [0.2, 0.25) is 0 Å². The molecule has 0 spiro atoms. The van der Waals surface area contributed by atoms with E-state index in [4.69, 9.17) is 0 Å². The molecule has 1 atom stereocenters. The molecule has 2 aromatic carbocycles. The predicted molar refractivity (Wildman–Crippen MR) is 89.5 cm³/mol. The largest absolute Gasteiger partial charge is 0.394 e. The second kappa shape index (κ2) is 6.86. The van der Waals surface area contributed by atoms with Gasteiger partial charge < -0.3 is 10.4 Å². The van der Waals surface area contributed by atoms with Crippen molar-refractivity contribution in [3.05, 3.63) is 77.2 Å². The van der Waals surface area contributed by atoms with Crippen LogP contribution < -0.4 is 5.32 Å². The molecule has 3 aromatic rings. The molecule has 0 amide bonds. The Morgan fingerprint density at radius 3 is 2.78 bits per heavy atom. The summed E-state index contributed by atoms with van der Waals surface area (Å²) in [5.41, 5.74) is 3.80. The molecule has 1 heterocycles. The maximum Gasteiger partial charge on any atom is 0.123 e. The van der Waals surface area contributed by atoms with E-state index < -0.39 is 0 Å². The van der Waals surface area contributed by atoms with Gasteiger partial charge in [0, 0.05) is 17.6 Å². The van der Waals surface area contributed by atoms with Crippen LogP contribution in [0.4, 0.5) is 4.39 Å². The van der Waals surface area contributed by atoms with Crippen molar-refractivity contribution in [3.63, 3.8) is 0 Å². The minimum Gasteiger partial charge on any atom is -0.394 e. The van der Waals surface area contributed by atoms with Gasteiger partial charge in [-0.25, -0.2) is 4.39 Å². The number of rotatable bonds is 5. The van der Waals surface area contributed by atoms with Crippen molar-refractivity contribution >= 4 is 10.9 Å². The average Bonchev–Trinajstić information content (AvgIpc) is 2.55. The maximum atomic E-state index is 13.3. The highest BCUT2D eigenvalue weighted by Crippen LogP contribution is 2.17. The Morgan fingerprint density at radius 2 is 2.00 bits per heavy atom. The van der Waals surface area contributed by atoms with Gasteiger partial charge in [0.25, 0.3) is 0 Å². The van der Waals surface area contributed by atoms with Gasteiger partial charge in [-0.15, -0.1) is 0 Å². The van der Waals surface area contributed by atoms with Crippen LogP contribution in [0.3, 0.4) is 0 Å². The topological polar surface area (TPSA) is 45.1 Å². The lowest BCUT2D eigenvalue weighted by atomic mass is 10.1. The molecule has 0 saturated carbocycles. The zero-order chi connectivity index (χ0) is 16.2. The number of aliphatic hydroxyl groups is 1.